The van der Waals surface area contributed by atoms with Crippen LogP contribution in [0.2, 0.25) is 0 Å². The van der Waals surface area contributed by atoms with Crippen molar-refractivity contribution in [2.24, 2.45) is 0 Å². The van der Waals surface area contributed by atoms with Crippen molar-refractivity contribution in [1.82, 2.24) is 0 Å². The molecule has 0 aliphatic carbocycles. The van der Waals surface area contributed by atoms with E-state index in [0.29, 0.717) is 13.0 Å². The van der Waals surface area contributed by atoms with Crippen LogP contribution in [0.3, 0.4) is 0 Å². The average Bonchev–Trinajstić information content (AvgIpc) is 2.12. The van der Waals surface area contributed by atoms with Crippen molar-refractivity contribution in [3.8, 4) is 0 Å². The van der Waals surface area contributed by atoms with Gasteiger partial charge in [-0.05, 0) is 0 Å². The predicted molar refractivity (Wildman–Crippen MR) is 43.2 cm³/mol. The Labute approximate surface area is 76.5 Å². The van der Waals surface area contributed by atoms with Gasteiger partial charge >= 0.3 is 0 Å². The summed E-state index contributed by atoms with van der Waals surface area (Å²) >= 11 is 0. The summed E-state index contributed by atoms with van der Waals surface area (Å²) in [4.78, 5) is 7.68. The second-order valence-electron chi connectivity index (χ2n) is 2.82. The van der Waals surface area contributed by atoms with Crippen LogP contribution in [0.15, 0.2) is 0 Å². The van der Waals surface area contributed by atoms with E-state index in [4.69, 9.17) is 15.3 Å². The van der Waals surface area contributed by atoms with Crippen molar-refractivity contribution in [1.29, 1.82) is 0 Å². The van der Waals surface area contributed by atoms with E-state index in [2.05, 4.69) is 9.78 Å². The molecule has 0 radical (unpaired) electrons. The van der Waals surface area contributed by atoms with Gasteiger partial charge in [0.25, 0.3) is 0 Å². The van der Waals surface area contributed by atoms with Crippen LogP contribution in [0.25, 0.3) is 0 Å². The van der Waals surface area contributed by atoms with Crippen molar-refractivity contribution in [3.63, 3.8) is 0 Å². The first-order chi connectivity index (χ1) is 6.18. The first kappa shape index (κ1) is 12.8. The van der Waals surface area contributed by atoms with E-state index in [0.717, 1.165) is 0 Å². The zero-order chi connectivity index (χ0) is 10.2. The van der Waals surface area contributed by atoms with Crippen LogP contribution in [-0.2, 0) is 14.5 Å². The van der Waals surface area contributed by atoms with Crippen molar-refractivity contribution in [2.45, 2.75) is 18.4 Å². The van der Waals surface area contributed by atoms with Gasteiger partial charge < -0.3 is 9.84 Å². The summed E-state index contributed by atoms with van der Waals surface area (Å²) in [6.07, 6.45) is 0.459. The molecule has 1 atom stereocenters. The topological polar surface area (TPSA) is 88.4 Å². The minimum Gasteiger partial charge on any atom is -0.387 e. The quantitative estimate of drug-likeness (QED) is 0.377. The molecule has 0 rings (SSSR count). The molecule has 0 aliphatic heterocycles. The monoisotopic (exact) mass is 196 g/mol. The largest absolute Gasteiger partial charge is 0.387 e. The average molecular weight is 196 g/mol. The number of rotatable bonds is 8. The lowest BCUT2D eigenvalue weighted by Crippen LogP contribution is -2.36. The van der Waals surface area contributed by atoms with Crippen molar-refractivity contribution >= 4 is 0 Å². The summed E-state index contributed by atoms with van der Waals surface area (Å²) in [5.74, 6) is 0. The summed E-state index contributed by atoms with van der Waals surface area (Å²) in [7, 11) is 1.50. The highest BCUT2D eigenvalue weighted by atomic mass is 17.1. The predicted octanol–water partition coefficient (Wildman–Crippen LogP) is 0.123. The van der Waals surface area contributed by atoms with Crippen molar-refractivity contribution < 1.29 is 30.1 Å². The molecule has 0 bridgehead atoms. The van der Waals surface area contributed by atoms with Crippen molar-refractivity contribution in [3.05, 3.63) is 0 Å². The third-order valence-corrected chi connectivity index (χ3v) is 1.76. The lowest BCUT2D eigenvalue weighted by Gasteiger charge is -2.25. The Kier molecular flexibility index (Phi) is 7.06. The number of methoxy groups -OCH3 is 1. The van der Waals surface area contributed by atoms with E-state index < -0.39 is 5.60 Å². The molecule has 0 aromatic rings. The fourth-order valence-corrected chi connectivity index (χ4v) is 0.917. The van der Waals surface area contributed by atoms with Crippen molar-refractivity contribution in [2.75, 3.05) is 26.9 Å². The molecule has 6 nitrogen and oxygen atoms in total. The Bertz CT molecular complexity index is 110. The molecule has 0 saturated heterocycles. The molecule has 0 heterocycles. The van der Waals surface area contributed by atoms with E-state index in [1.54, 1.807) is 0 Å². The molecule has 1 unspecified atom stereocenters. The number of hydrogen-bond acceptors (Lipinski definition) is 6. The minimum atomic E-state index is -1.23. The first-order valence-electron chi connectivity index (χ1n) is 3.92. The van der Waals surface area contributed by atoms with E-state index in [-0.39, 0.29) is 19.6 Å². The third-order valence-electron chi connectivity index (χ3n) is 1.76. The molecule has 0 saturated carbocycles. The standard InChI is InChI=1S/C7H16O6/c1-11-4-2-7(8,6-13-10)3-5-12-9/h8-10H,2-6H2,1H3. The molecular formula is C7H16O6. The summed E-state index contributed by atoms with van der Waals surface area (Å²) in [6.45, 7) is 0.0780. The van der Waals surface area contributed by atoms with Crippen LogP contribution >= 0.6 is 0 Å². The Morgan fingerprint density at radius 1 is 1.08 bits per heavy atom. The number of aliphatic hydroxyl groups is 1. The molecule has 3 N–H and O–H groups in total. The Morgan fingerprint density at radius 2 is 1.69 bits per heavy atom. The normalized spacial score (nSPS) is 15.7. The van der Waals surface area contributed by atoms with E-state index in [1.165, 1.54) is 7.11 Å². The molecule has 0 aliphatic rings. The molecule has 13 heavy (non-hydrogen) atoms. The molecule has 80 valence electrons. The van der Waals surface area contributed by atoms with Gasteiger partial charge in [0.15, 0.2) is 0 Å². The van der Waals surface area contributed by atoms with Crippen LogP contribution < -0.4 is 0 Å². The van der Waals surface area contributed by atoms with Crippen LogP contribution in [0, 0.1) is 0 Å². The molecular weight excluding hydrogens is 180 g/mol. The molecule has 0 fully saturated rings. The van der Waals surface area contributed by atoms with Gasteiger partial charge in [0.2, 0.25) is 0 Å². The molecule has 0 spiro atoms. The highest BCUT2D eigenvalue weighted by Crippen LogP contribution is 2.15. The van der Waals surface area contributed by atoms with Crippen LogP contribution in [0.1, 0.15) is 12.8 Å². The van der Waals surface area contributed by atoms with Gasteiger partial charge in [-0.15, -0.1) is 0 Å². The highest BCUT2D eigenvalue weighted by molar-refractivity contribution is 4.77. The lowest BCUT2D eigenvalue weighted by molar-refractivity contribution is -0.286. The summed E-state index contributed by atoms with van der Waals surface area (Å²) in [6, 6.07) is 0. The second-order valence-corrected chi connectivity index (χ2v) is 2.82. The summed E-state index contributed by atoms with van der Waals surface area (Å²) in [5.41, 5.74) is -1.23. The zero-order valence-electron chi connectivity index (χ0n) is 7.60. The van der Waals surface area contributed by atoms with Gasteiger partial charge in [-0.25, -0.2) is 9.78 Å². The van der Waals surface area contributed by atoms with Crippen LogP contribution in [0.5, 0.6) is 0 Å². The second kappa shape index (κ2) is 7.19. The van der Waals surface area contributed by atoms with E-state index >= 15 is 0 Å². The van der Waals surface area contributed by atoms with Gasteiger partial charge in [-0.2, -0.15) is 0 Å². The molecule has 6 heteroatoms. The Hall–Kier alpha value is -0.240. The maximum atomic E-state index is 9.72. The van der Waals surface area contributed by atoms with E-state index in [9.17, 15) is 5.11 Å². The van der Waals surface area contributed by atoms with Gasteiger partial charge in [-0.3, -0.25) is 10.5 Å². The highest BCUT2D eigenvalue weighted by Gasteiger charge is 2.27. The van der Waals surface area contributed by atoms with Gasteiger partial charge in [0.05, 0.1) is 12.2 Å². The first-order valence-corrected chi connectivity index (χ1v) is 3.92. The minimum absolute atomic E-state index is 0.0242. The fourth-order valence-electron chi connectivity index (χ4n) is 0.917. The number of hydrogen-bond donors (Lipinski definition) is 3. The van der Waals surface area contributed by atoms with Crippen LogP contribution in [-0.4, -0.2) is 48.2 Å². The maximum absolute atomic E-state index is 9.72. The summed E-state index contributed by atoms with van der Waals surface area (Å²) < 4.78 is 4.76. The summed E-state index contributed by atoms with van der Waals surface area (Å²) in [5, 5.41) is 26.0. The lowest BCUT2D eigenvalue weighted by atomic mass is 9.98. The SMILES string of the molecule is COCCC(O)(CCOO)COO. The van der Waals surface area contributed by atoms with Crippen LogP contribution in [0.4, 0.5) is 0 Å². The zero-order valence-corrected chi connectivity index (χ0v) is 7.60. The molecule has 0 amide bonds. The third kappa shape index (κ3) is 5.92. The maximum Gasteiger partial charge on any atom is 0.111 e. The molecule has 0 aromatic carbocycles. The van der Waals surface area contributed by atoms with Gasteiger partial charge in [0, 0.05) is 26.6 Å². The Morgan fingerprint density at radius 3 is 2.15 bits per heavy atom. The van der Waals surface area contributed by atoms with Gasteiger partial charge in [-0.1, -0.05) is 0 Å². The number of ether oxygens (including phenoxy) is 1. The fraction of sp³-hybridized carbons (Fsp3) is 1.00. The Balaban J connectivity index is 3.84. The van der Waals surface area contributed by atoms with E-state index in [1.807, 2.05) is 0 Å². The van der Waals surface area contributed by atoms with Gasteiger partial charge in [0.1, 0.15) is 6.61 Å². The molecule has 0 aromatic heterocycles. The smallest absolute Gasteiger partial charge is 0.111 e.